The Balaban J connectivity index is 1.28. The molecule has 0 radical (unpaired) electrons. The normalized spacial score (nSPS) is 26.7. The van der Waals surface area contributed by atoms with Crippen LogP contribution >= 0.6 is 23.4 Å². The second-order valence-corrected chi connectivity index (χ2v) is 9.87. The highest BCUT2D eigenvalue weighted by molar-refractivity contribution is 7.99. The number of nitrogens with zero attached hydrogens (tertiary/aromatic N) is 4. The molecule has 0 amide bonds. The molecule has 4 aromatic rings. The van der Waals surface area contributed by atoms with E-state index in [1.807, 2.05) is 42.9 Å². The molecule has 164 valence electrons. The van der Waals surface area contributed by atoms with Crippen molar-refractivity contribution in [2.45, 2.75) is 49.1 Å². The Labute approximate surface area is 194 Å². The van der Waals surface area contributed by atoms with Gasteiger partial charge in [0.25, 0.3) is 0 Å². The second kappa shape index (κ2) is 7.67. The number of halogens is 1. The third-order valence-electron chi connectivity index (χ3n) is 5.85. The van der Waals surface area contributed by atoms with Crippen LogP contribution in [0.25, 0.3) is 21.9 Å². The van der Waals surface area contributed by atoms with Crippen LogP contribution in [0.2, 0.25) is 5.15 Å². The number of hydrogen-bond donors (Lipinski definition) is 0. The van der Waals surface area contributed by atoms with E-state index in [9.17, 15) is 0 Å². The summed E-state index contributed by atoms with van der Waals surface area (Å²) in [6.07, 6.45) is 4.25. The van der Waals surface area contributed by atoms with Gasteiger partial charge in [-0.2, -0.15) is 0 Å². The lowest BCUT2D eigenvalue weighted by atomic mass is 10.1. The summed E-state index contributed by atoms with van der Waals surface area (Å²) in [6, 6.07) is 12.2. The Morgan fingerprint density at radius 1 is 1.09 bits per heavy atom. The largest absolute Gasteiger partial charge is 0.348 e. The summed E-state index contributed by atoms with van der Waals surface area (Å²) >= 11 is 7.98. The molecule has 0 saturated carbocycles. The fraction of sp³-hybridized carbons (Fsp3) is 0.348. The van der Waals surface area contributed by atoms with Gasteiger partial charge in [-0.1, -0.05) is 23.7 Å². The molecular formula is C23H21ClN4O3S. The van der Waals surface area contributed by atoms with Gasteiger partial charge in [-0.05, 0) is 38.1 Å². The van der Waals surface area contributed by atoms with E-state index >= 15 is 0 Å². The maximum atomic E-state index is 6.50. The molecule has 0 N–H and O–H groups in total. The van der Waals surface area contributed by atoms with Crippen LogP contribution in [0.5, 0.6) is 0 Å². The van der Waals surface area contributed by atoms with Crippen LogP contribution in [0.3, 0.4) is 0 Å². The van der Waals surface area contributed by atoms with Crippen LogP contribution < -0.4 is 0 Å². The van der Waals surface area contributed by atoms with Crippen molar-refractivity contribution in [2.24, 2.45) is 0 Å². The third kappa shape index (κ3) is 3.47. The smallest absolute Gasteiger partial charge is 0.164 e. The van der Waals surface area contributed by atoms with Crippen LogP contribution in [-0.4, -0.2) is 49.4 Å². The van der Waals surface area contributed by atoms with Crippen molar-refractivity contribution in [3.05, 3.63) is 60.3 Å². The number of ether oxygens (including phenoxy) is 3. The fourth-order valence-electron chi connectivity index (χ4n) is 4.48. The van der Waals surface area contributed by atoms with E-state index in [4.69, 9.17) is 25.8 Å². The zero-order valence-corrected chi connectivity index (χ0v) is 19.1. The highest BCUT2D eigenvalue weighted by atomic mass is 35.5. The number of thioether (sulfide) groups is 1. The number of aromatic nitrogens is 4. The minimum Gasteiger partial charge on any atom is -0.348 e. The van der Waals surface area contributed by atoms with Gasteiger partial charge in [-0.15, -0.1) is 11.8 Å². The molecule has 6 rings (SSSR count). The van der Waals surface area contributed by atoms with E-state index in [-0.39, 0.29) is 24.5 Å². The van der Waals surface area contributed by atoms with E-state index < -0.39 is 5.79 Å². The van der Waals surface area contributed by atoms with Crippen LogP contribution in [0.4, 0.5) is 0 Å². The summed E-state index contributed by atoms with van der Waals surface area (Å²) < 4.78 is 21.0. The fourth-order valence-corrected chi connectivity index (χ4v) is 5.65. The Kier molecular flexibility index (Phi) is 4.89. The monoisotopic (exact) mass is 468 g/mol. The van der Waals surface area contributed by atoms with Crippen molar-refractivity contribution in [2.75, 3.05) is 5.75 Å². The van der Waals surface area contributed by atoms with Crippen molar-refractivity contribution in [1.82, 2.24) is 19.5 Å². The Morgan fingerprint density at radius 2 is 1.97 bits per heavy atom. The Bertz CT molecular complexity index is 1310. The molecule has 9 heteroatoms. The lowest BCUT2D eigenvalue weighted by Gasteiger charge is -2.25. The topological polar surface area (TPSA) is 71.3 Å². The molecular weight excluding hydrogens is 448 g/mol. The molecule has 2 saturated heterocycles. The molecule has 3 aromatic heterocycles. The second-order valence-electron chi connectivity index (χ2n) is 8.42. The molecule has 0 aliphatic carbocycles. The Hall–Kier alpha value is -2.23. The third-order valence-corrected chi connectivity index (χ3v) is 7.24. The lowest BCUT2D eigenvalue weighted by molar-refractivity contribution is -0.193. The van der Waals surface area contributed by atoms with Gasteiger partial charge in [0.15, 0.2) is 12.0 Å². The van der Waals surface area contributed by atoms with Crippen molar-refractivity contribution in [3.8, 4) is 0 Å². The lowest BCUT2D eigenvalue weighted by Crippen LogP contribution is -2.31. The van der Waals surface area contributed by atoms with E-state index in [0.29, 0.717) is 5.15 Å². The Morgan fingerprint density at radius 3 is 2.88 bits per heavy atom. The van der Waals surface area contributed by atoms with Gasteiger partial charge >= 0.3 is 0 Å². The molecule has 2 aliphatic heterocycles. The molecule has 2 aliphatic rings. The first-order chi connectivity index (χ1) is 15.5. The predicted molar refractivity (Wildman–Crippen MR) is 123 cm³/mol. The van der Waals surface area contributed by atoms with Crippen molar-refractivity contribution >= 4 is 45.3 Å². The summed E-state index contributed by atoms with van der Waals surface area (Å²) in [6.45, 7) is 3.88. The number of fused-ring (bicyclic) bond motifs is 3. The number of hydrogen-bond acceptors (Lipinski definition) is 7. The van der Waals surface area contributed by atoms with Gasteiger partial charge in [0.1, 0.15) is 29.3 Å². The first kappa shape index (κ1) is 20.4. The quantitative estimate of drug-likeness (QED) is 0.313. The zero-order valence-electron chi connectivity index (χ0n) is 17.5. The minimum atomic E-state index is -0.678. The summed E-state index contributed by atoms with van der Waals surface area (Å²) in [5.41, 5.74) is 1.70. The average molecular weight is 469 g/mol. The molecule has 2 fully saturated rings. The maximum Gasteiger partial charge on any atom is 0.164 e. The summed E-state index contributed by atoms with van der Waals surface area (Å²) in [4.78, 5) is 14.1. The van der Waals surface area contributed by atoms with E-state index in [1.165, 1.54) is 6.33 Å². The molecule has 0 bridgehead atoms. The van der Waals surface area contributed by atoms with Gasteiger partial charge in [-0.25, -0.2) is 9.97 Å². The molecule has 0 unspecified atom stereocenters. The summed E-state index contributed by atoms with van der Waals surface area (Å²) in [5, 5.41) is 2.33. The summed E-state index contributed by atoms with van der Waals surface area (Å²) in [5.74, 6) is 0.0487. The van der Waals surface area contributed by atoms with Gasteiger partial charge in [-0.3, -0.25) is 4.98 Å². The first-order valence-corrected chi connectivity index (χ1v) is 11.8. The number of rotatable bonds is 4. The summed E-state index contributed by atoms with van der Waals surface area (Å²) in [7, 11) is 0. The number of benzene rings is 1. The van der Waals surface area contributed by atoms with Gasteiger partial charge in [0, 0.05) is 28.4 Å². The van der Waals surface area contributed by atoms with Crippen LogP contribution in [-0.2, 0) is 14.2 Å². The minimum absolute atomic E-state index is 0.147. The van der Waals surface area contributed by atoms with Crippen molar-refractivity contribution in [3.63, 3.8) is 0 Å². The zero-order chi connectivity index (χ0) is 21.9. The van der Waals surface area contributed by atoms with Crippen molar-refractivity contribution < 1.29 is 14.2 Å². The maximum absolute atomic E-state index is 6.50. The standard InChI is InChI=1S/C23H21ClN4O3S/c1-23(2)30-18-17(11-32-14-6-5-13-4-3-8-25-16(13)10-14)29-22(19(18)31-23)28-9-7-15-20(24)26-12-27-21(15)28/h3-10,12,17-19,22H,11H2,1-2H3/t17-,18-,19-,22-/m1/s1. The molecule has 5 heterocycles. The van der Waals surface area contributed by atoms with E-state index in [1.54, 1.807) is 11.8 Å². The molecule has 1 aromatic carbocycles. The van der Waals surface area contributed by atoms with E-state index in [2.05, 4.69) is 39.2 Å². The molecule has 7 nitrogen and oxygen atoms in total. The predicted octanol–water partition coefficient (Wildman–Crippen LogP) is 4.84. The van der Waals surface area contributed by atoms with Crippen LogP contribution in [0, 0.1) is 0 Å². The molecule has 4 atom stereocenters. The van der Waals surface area contributed by atoms with Gasteiger partial charge < -0.3 is 18.8 Å². The SMILES string of the molecule is CC1(C)O[C@@H]2[C@H](O1)[C@@H](CSc1ccc3cccnc3c1)O[C@H]2n1ccc2c(Cl)ncnc21. The van der Waals surface area contributed by atoms with Crippen molar-refractivity contribution in [1.29, 1.82) is 0 Å². The highest BCUT2D eigenvalue weighted by Crippen LogP contribution is 2.45. The highest BCUT2D eigenvalue weighted by Gasteiger charge is 2.55. The molecule has 32 heavy (non-hydrogen) atoms. The average Bonchev–Trinajstić information content (AvgIpc) is 3.44. The first-order valence-electron chi connectivity index (χ1n) is 10.4. The van der Waals surface area contributed by atoms with Gasteiger partial charge in [0.05, 0.1) is 17.0 Å². The van der Waals surface area contributed by atoms with Crippen LogP contribution in [0.1, 0.15) is 20.1 Å². The van der Waals surface area contributed by atoms with Gasteiger partial charge in [0.2, 0.25) is 0 Å². The van der Waals surface area contributed by atoms with E-state index in [0.717, 1.165) is 32.6 Å². The number of pyridine rings is 1. The van der Waals surface area contributed by atoms with Crippen LogP contribution in [0.15, 0.2) is 60.0 Å². The molecule has 0 spiro atoms.